The standard InChI is InChI=1S/C15H19ClN2O/c1-9(2)18-14(13(16)8-17-18)15(19)12-6-10(3)5-11(4)7-12/h5-9,15,19H,1-4H3. The van der Waals surface area contributed by atoms with Gasteiger partial charge < -0.3 is 5.11 Å². The van der Waals surface area contributed by atoms with Gasteiger partial charge >= 0.3 is 0 Å². The third-order valence-corrected chi connectivity index (χ3v) is 3.39. The molecule has 1 atom stereocenters. The molecule has 1 aromatic carbocycles. The molecule has 0 amide bonds. The van der Waals surface area contributed by atoms with E-state index in [4.69, 9.17) is 11.6 Å². The Kier molecular flexibility index (Phi) is 3.97. The molecule has 0 bridgehead atoms. The molecule has 0 spiro atoms. The topological polar surface area (TPSA) is 38.1 Å². The van der Waals surface area contributed by atoms with Gasteiger partial charge in [0, 0.05) is 6.04 Å². The van der Waals surface area contributed by atoms with Crippen LogP contribution in [0.5, 0.6) is 0 Å². The number of benzene rings is 1. The van der Waals surface area contributed by atoms with Crippen molar-refractivity contribution in [1.29, 1.82) is 0 Å². The summed E-state index contributed by atoms with van der Waals surface area (Å²) in [6.07, 6.45) is 0.832. The van der Waals surface area contributed by atoms with Crippen molar-refractivity contribution in [2.24, 2.45) is 0 Å². The third kappa shape index (κ3) is 2.82. The van der Waals surface area contributed by atoms with E-state index in [1.54, 1.807) is 10.9 Å². The molecule has 0 aliphatic rings. The summed E-state index contributed by atoms with van der Waals surface area (Å²) in [5.41, 5.74) is 3.75. The van der Waals surface area contributed by atoms with Crippen molar-refractivity contribution in [3.05, 3.63) is 51.8 Å². The van der Waals surface area contributed by atoms with Crippen LogP contribution in [0.2, 0.25) is 5.02 Å². The van der Waals surface area contributed by atoms with Crippen molar-refractivity contribution in [2.75, 3.05) is 0 Å². The summed E-state index contributed by atoms with van der Waals surface area (Å²) < 4.78 is 1.77. The summed E-state index contributed by atoms with van der Waals surface area (Å²) in [6.45, 7) is 8.07. The Morgan fingerprint density at radius 2 is 1.74 bits per heavy atom. The van der Waals surface area contributed by atoms with Gasteiger partial charge in [-0.1, -0.05) is 40.9 Å². The zero-order valence-electron chi connectivity index (χ0n) is 11.7. The highest BCUT2D eigenvalue weighted by Gasteiger charge is 2.21. The average Bonchev–Trinajstić information content (AvgIpc) is 2.69. The maximum atomic E-state index is 10.6. The first-order valence-corrected chi connectivity index (χ1v) is 6.77. The zero-order chi connectivity index (χ0) is 14.2. The molecule has 19 heavy (non-hydrogen) atoms. The van der Waals surface area contributed by atoms with Gasteiger partial charge in [0.15, 0.2) is 0 Å². The first kappa shape index (κ1) is 14.1. The van der Waals surface area contributed by atoms with Gasteiger partial charge in [0.2, 0.25) is 0 Å². The first-order valence-electron chi connectivity index (χ1n) is 6.39. The molecule has 0 saturated heterocycles. The normalized spacial score (nSPS) is 13.0. The Labute approximate surface area is 118 Å². The average molecular weight is 279 g/mol. The van der Waals surface area contributed by atoms with Crippen molar-refractivity contribution < 1.29 is 5.11 Å². The molecule has 0 radical (unpaired) electrons. The Balaban J connectivity index is 2.49. The van der Waals surface area contributed by atoms with Crippen LogP contribution >= 0.6 is 11.6 Å². The Hall–Kier alpha value is -1.32. The number of aromatic nitrogens is 2. The lowest BCUT2D eigenvalue weighted by Crippen LogP contribution is -2.12. The van der Waals surface area contributed by atoms with Crippen molar-refractivity contribution in [3.63, 3.8) is 0 Å². The van der Waals surface area contributed by atoms with Crippen molar-refractivity contribution >= 4 is 11.6 Å². The van der Waals surface area contributed by atoms with Crippen LogP contribution in [0.25, 0.3) is 0 Å². The molecule has 1 unspecified atom stereocenters. The van der Waals surface area contributed by atoms with Crippen LogP contribution in [0.1, 0.15) is 48.4 Å². The van der Waals surface area contributed by atoms with E-state index in [-0.39, 0.29) is 6.04 Å². The van der Waals surface area contributed by atoms with Gasteiger partial charge in [-0.3, -0.25) is 4.68 Å². The van der Waals surface area contributed by atoms with Gasteiger partial charge in [-0.15, -0.1) is 0 Å². The fourth-order valence-electron chi connectivity index (χ4n) is 2.34. The second-order valence-electron chi connectivity index (χ2n) is 5.24. The molecule has 102 valence electrons. The molecule has 0 aliphatic heterocycles. The van der Waals surface area contributed by atoms with Crippen LogP contribution in [0.15, 0.2) is 24.4 Å². The van der Waals surface area contributed by atoms with E-state index in [0.717, 1.165) is 16.7 Å². The lowest BCUT2D eigenvalue weighted by atomic mass is 10.0. The quantitative estimate of drug-likeness (QED) is 0.927. The van der Waals surface area contributed by atoms with Gasteiger partial charge in [0.1, 0.15) is 6.10 Å². The van der Waals surface area contributed by atoms with E-state index >= 15 is 0 Å². The number of aryl methyl sites for hydroxylation is 2. The van der Waals surface area contributed by atoms with Crippen LogP contribution in [-0.4, -0.2) is 14.9 Å². The van der Waals surface area contributed by atoms with Crippen molar-refractivity contribution in [1.82, 2.24) is 9.78 Å². The zero-order valence-corrected chi connectivity index (χ0v) is 12.4. The SMILES string of the molecule is Cc1cc(C)cc(C(O)c2c(Cl)cnn2C(C)C)c1. The van der Waals surface area contributed by atoms with E-state index in [1.165, 1.54) is 0 Å². The van der Waals surface area contributed by atoms with Crippen LogP contribution in [0.3, 0.4) is 0 Å². The monoisotopic (exact) mass is 278 g/mol. The van der Waals surface area contributed by atoms with Crippen LogP contribution in [0, 0.1) is 13.8 Å². The van der Waals surface area contributed by atoms with Crippen LogP contribution in [-0.2, 0) is 0 Å². The van der Waals surface area contributed by atoms with Gasteiger partial charge in [-0.25, -0.2) is 0 Å². The number of hydrogen-bond donors (Lipinski definition) is 1. The number of hydrogen-bond acceptors (Lipinski definition) is 2. The number of nitrogens with zero attached hydrogens (tertiary/aromatic N) is 2. The number of aliphatic hydroxyl groups excluding tert-OH is 1. The van der Waals surface area contributed by atoms with E-state index in [2.05, 4.69) is 11.2 Å². The molecule has 1 heterocycles. The van der Waals surface area contributed by atoms with Gasteiger partial charge in [-0.2, -0.15) is 5.10 Å². The second-order valence-corrected chi connectivity index (χ2v) is 5.65. The van der Waals surface area contributed by atoms with E-state index in [1.807, 2.05) is 39.8 Å². The summed E-state index contributed by atoms with van der Waals surface area (Å²) in [6, 6.07) is 6.19. The predicted molar refractivity (Wildman–Crippen MR) is 77.6 cm³/mol. The van der Waals surface area contributed by atoms with Crippen LogP contribution < -0.4 is 0 Å². The fraction of sp³-hybridized carbons (Fsp3) is 0.400. The Morgan fingerprint density at radius 1 is 1.16 bits per heavy atom. The second kappa shape index (κ2) is 5.35. The summed E-state index contributed by atoms with van der Waals surface area (Å²) in [5, 5.41) is 15.3. The molecular weight excluding hydrogens is 260 g/mol. The molecule has 0 fully saturated rings. The summed E-state index contributed by atoms with van der Waals surface area (Å²) in [4.78, 5) is 0. The molecule has 2 aromatic rings. The maximum absolute atomic E-state index is 10.6. The lowest BCUT2D eigenvalue weighted by molar-refractivity contribution is 0.205. The highest BCUT2D eigenvalue weighted by Crippen LogP contribution is 2.30. The molecule has 3 nitrogen and oxygen atoms in total. The summed E-state index contributed by atoms with van der Waals surface area (Å²) >= 11 is 6.17. The van der Waals surface area contributed by atoms with Crippen LogP contribution in [0.4, 0.5) is 0 Å². The van der Waals surface area contributed by atoms with Gasteiger partial charge in [0.05, 0.1) is 16.9 Å². The fourth-order valence-corrected chi connectivity index (χ4v) is 2.58. The molecule has 4 heteroatoms. The van der Waals surface area contributed by atoms with E-state index < -0.39 is 6.10 Å². The highest BCUT2D eigenvalue weighted by atomic mass is 35.5. The Bertz CT molecular complexity index is 570. The van der Waals surface area contributed by atoms with Gasteiger partial charge in [-0.05, 0) is 33.3 Å². The van der Waals surface area contributed by atoms with Crippen molar-refractivity contribution in [3.8, 4) is 0 Å². The van der Waals surface area contributed by atoms with Gasteiger partial charge in [0.25, 0.3) is 0 Å². The third-order valence-electron chi connectivity index (χ3n) is 3.09. The molecule has 2 rings (SSSR count). The summed E-state index contributed by atoms with van der Waals surface area (Å²) in [5.74, 6) is 0. The smallest absolute Gasteiger partial charge is 0.122 e. The molecule has 0 aliphatic carbocycles. The number of halogens is 1. The minimum atomic E-state index is -0.754. The minimum absolute atomic E-state index is 0.156. The Morgan fingerprint density at radius 3 is 2.26 bits per heavy atom. The highest BCUT2D eigenvalue weighted by molar-refractivity contribution is 6.31. The molecular formula is C15H19ClN2O. The lowest BCUT2D eigenvalue weighted by Gasteiger charge is -2.17. The maximum Gasteiger partial charge on any atom is 0.122 e. The number of rotatable bonds is 3. The number of aliphatic hydroxyl groups is 1. The van der Waals surface area contributed by atoms with E-state index in [0.29, 0.717) is 10.7 Å². The predicted octanol–water partition coefficient (Wildman–Crippen LogP) is 3.82. The van der Waals surface area contributed by atoms with E-state index in [9.17, 15) is 5.11 Å². The molecule has 1 aromatic heterocycles. The minimum Gasteiger partial charge on any atom is -0.382 e. The first-order chi connectivity index (χ1) is 8.90. The van der Waals surface area contributed by atoms with Crippen molar-refractivity contribution in [2.45, 2.75) is 39.8 Å². The molecule has 1 N–H and O–H groups in total. The molecule has 0 saturated carbocycles. The largest absolute Gasteiger partial charge is 0.382 e. The summed E-state index contributed by atoms with van der Waals surface area (Å²) in [7, 11) is 0.